The summed E-state index contributed by atoms with van der Waals surface area (Å²) in [6, 6.07) is 3.96. The number of aliphatic hydroxyl groups excluding tert-OH is 1. The highest BCUT2D eigenvalue weighted by molar-refractivity contribution is 7.99. The topological polar surface area (TPSA) is 88.2 Å². The lowest BCUT2D eigenvalue weighted by Crippen LogP contribution is -2.05. The van der Waals surface area contributed by atoms with Crippen LogP contribution >= 0.6 is 23.4 Å². The summed E-state index contributed by atoms with van der Waals surface area (Å²) < 4.78 is 14.6. The first kappa shape index (κ1) is 14.8. The Kier molecular flexibility index (Phi) is 4.58. The summed E-state index contributed by atoms with van der Waals surface area (Å²) in [6.45, 7) is -0.393. The Morgan fingerprint density at radius 1 is 1.45 bits per heavy atom. The maximum Gasteiger partial charge on any atom is 0.313 e. The monoisotopic (exact) mass is 317 g/mol. The molecule has 0 spiro atoms. The molecule has 0 saturated carbocycles. The zero-order chi connectivity index (χ0) is 14.7. The molecule has 0 radical (unpaired) electrons. The molecule has 0 atom stereocenters. The summed E-state index contributed by atoms with van der Waals surface area (Å²) in [5.41, 5.74) is 0.443. The lowest BCUT2D eigenvalue weighted by molar-refractivity contribution is -0.133. The maximum absolute atomic E-state index is 13.2. The number of carboxylic acids is 1. The Morgan fingerprint density at radius 2 is 2.20 bits per heavy atom. The van der Waals surface area contributed by atoms with Gasteiger partial charge in [0.2, 0.25) is 0 Å². The molecule has 106 valence electrons. The Bertz CT molecular complexity index is 650. The third kappa shape index (κ3) is 3.09. The van der Waals surface area contributed by atoms with E-state index in [1.807, 2.05) is 0 Å². The number of rotatable bonds is 5. The number of carbonyl (C=O) groups is 1. The lowest BCUT2D eigenvalue weighted by Gasteiger charge is -2.09. The van der Waals surface area contributed by atoms with Crippen LogP contribution in [0.1, 0.15) is 5.82 Å². The van der Waals surface area contributed by atoms with Gasteiger partial charge in [0.25, 0.3) is 0 Å². The van der Waals surface area contributed by atoms with Crippen LogP contribution in [0.3, 0.4) is 0 Å². The minimum Gasteiger partial charge on any atom is -0.481 e. The molecule has 1 aromatic carbocycles. The van der Waals surface area contributed by atoms with E-state index in [1.165, 1.54) is 22.8 Å². The van der Waals surface area contributed by atoms with Gasteiger partial charge in [0.05, 0.1) is 16.5 Å². The van der Waals surface area contributed by atoms with Crippen molar-refractivity contribution in [2.75, 3.05) is 5.75 Å². The minimum atomic E-state index is -1.01. The molecule has 0 aliphatic heterocycles. The first-order chi connectivity index (χ1) is 9.52. The number of hydrogen-bond donors (Lipinski definition) is 2. The number of thioether (sulfide) groups is 1. The second-order valence-electron chi connectivity index (χ2n) is 3.67. The molecule has 2 aromatic rings. The van der Waals surface area contributed by atoms with Crippen LogP contribution in [0.5, 0.6) is 0 Å². The van der Waals surface area contributed by atoms with Gasteiger partial charge in [-0.3, -0.25) is 9.36 Å². The van der Waals surface area contributed by atoms with E-state index in [1.54, 1.807) is 0 Å². The van der Waals surface area contributed by atoms with Gasteiger partial charge in [0.15, 0.2) is 11.0 Å². The fourth-order valence-electron chi connectivity index (χ4n) is 1.51. The van der Waals surface area contributed by atoms with Crippen LogP contribution in [0.4, 0.5) is 4.39 Å². The Hall–Kier alpha value is -1.64. The largest absolute Gasteiger partial charge is 0.481 e. The van der Waals surface area contributed by atoms with E-state index in [2.05, 4.69) is 10.2 Å². The van der Waals surface area contributed by atoms with Gasteiger partial charge < -0.3 is 10.2 Å². The molecule has 0 bridgehead atoms. The zero-order valence-corrected chi connectivity index (χ0v) is 11.5. The molecule has 0 aliphatic rings. The minimum absolute atomic E-state index is 0.0886. The molecule has 1 heterocycles. The molecule has 0 saturated heterocycles. The van der Waals surface area contributed by atoms with Crippen molar-refractivity contribution < 1.29 is 19.4 Å². The van der Waals surface area contributed by atoms with Crippen molar-refractivity contribution in [2.24, 2.45) is 0 Å². The predicted octanol–water partition coefficient (Wildman–Crippen LogP) is 1.73. The molecule has 6 nitrogen and oxygen atoms in total. The molecule has 2 rings (SSSR count). The van der Waals surface area contributed by atoms with E-state index >= 15 is 0 Å². The number of aliphatic hydroxyl groups is 1. The molecule has 9 heteroatoms. The Labute approximate surface area is 122 Å². The average molecular weight is 318 g/mol. The third-order valence-corrected chi connectivity index (χ3v) is 3.53. The maximum atomic E-state index is 13.2. The van der Waals surface area contributed by atoms with E-state index in [0.717, 1.165) is 11.8 Å². The molecule has 1 aromatic heterocycles. The standard InChI is InChI=1S/C11H9ClFN3O3S/c12-7-3-6(1-2-8(7)13)16-9(4-17)14-15-11(16)20-5-10(18)19/h1-3,17H,4-5H2,(H,18,19). The fourth-order valence-corrected chi connectivity index (χ4v) is 2.37. The number of nitrogens with zero attached hydrogens (tertiary/aromatic N) is 3. The van der Waals surface area contributed by atoms with Gasteiger partial charge in [-0.2, -0.15) is 0 Å². The van der Waals surface area contributed by atoms with E-state index < -0.39 is 18.4 Å². The van der Waals surface area contributed by atoms with Gasteiger partial charge in [0.1, 0.15) is 12.4 Å². The Morgan fingerprint density at radius 3 is 2.80 bits per heavy atom. The number of aliphatic carboxylic acids is 1. The van der Waals surface area contributed by atoms with Gasteiger partial charge in [0, 0.05) is 0 Å². The van der Waals surface area contributed by atoms with Gasteiger partial charge in [-0.25, -0.2) is 4.39 Å². The first-order valence-corrected chi connectivity index (χ1v) is 6.74. The second-order valence-corrected chi connectivity index (χ2v) is 5.02. The molecule has 20 heavy (non-hydrogen) atoms. The van der Waals surface area contributed by atoms with Crippen molar-refractivity contribution in [3.8, 4) is 5.69 Å². The van der Waals surface area contributed by atoms with E-state index in [4.69, 9.17) is 16.7 Å². The number of hydrogen-bond acceptors (Lipinski definition) is 5. The Balaban J connectivity index is 2.44. The van der Waals surface area contributed by atoms with E-state index in [0.29, 0.717) is 5.69 Å². The van der Waals surface area contributed by atoms with Crippen molar-refractivity contribution in [3.63, 3.8) is 0 Å². The van der Waals surface area contributed by atoms with E-state index in [9.17, 15) is 14.3 Å². The van der Waals surface area contributed by atoms with Crippen LogP contribution in [0.15, 0.2) is 23.4 Å². The van der Waals surface area contributed by atoms with Crippen molar-refractivity contribution in [2.45, 2.75) is 11.8 Å². The van der Waals surface area contributed by atoms with Crippen LogP contribution in [0.2, 0.25) is 5.02 Å². The van der Waals surface area contributed by atoms with E-state index in [-0.39, 0.29) is 21.8 Å². The van der Waals surface area contributed by atoms with Crippen LogP contribution in [0, 0.1) is 5.82 Å². The second kappa shape index (κ2) is 6.21. The summed E-state index contributed by atoms with van der Waals surface area (Å²) in [7, 11) is 0. The molecular weight excluding hydrogens is 309 g/mol. The van der Waals surface area contributed by atoms with Crippen molar-refractivity contribution in [3.05, 3.63) is 34.9 Å². The SMILES string of the molecule is O=C(O)CSc1nnc(CO)n1-c1ccc(F)c(Cl)c1. The predicted molar refractivity (Wildman–Crippen MR) is 70.6 cm³/mol. The number of benzene rings is 1. The highest BCUT2D eigenvalue weighted by Gasteiger charge is 2.16. The molecular formula is C11H9ClFN3O3S. The highest BCUT2D eigenvalue weighted by Crippen LogP contribution is 2.25. The van der Waals surface area contributed by atoms with Crippen molar-refractivity contribution >= 4 is 29.3 Å². The normalized spacial score (nSPS) is 10.8. The van der Waals surface area contributed by atoms with Crippen LogP contribution in [-0.2, 0) is 11.4 Å². The molecule has 0 unspecified atom stereocenters. The van der Waals surface area contributed by atoms with Crippen molar-refractivity contribution in [1.29, 1.82) is 0 Å². The van der Waals surface area contributed by atoms with Gasteiger partial charge in [-0.05, 0) is 18.2 Å². The molecule has 0 fully saturated rings. The lowest BCUT2D eigenvalue weighted by atomic mass is 10.3. The van der Waals surface area contributed by atoms with Crippen LogP contribution in [0.25, 0.3) is 5.69 Å². The smallest absolute Gasteiger partial charge is 0.313 e. The van der Waals surface area contributed by atoms with Crippen LogP contribution in [-0.4, -0.2) is 36.7 Å². The summed E-state index contributed by atoms with van der Waals surface area (Å²) in [4.78, 5) is 10.6. The van der Waals surface area contributed by atoms with Gasteiger partial charge >= 0.3 is 5.97 Å². The summed E-state index contributed by atoms with van der Waals surface area (Å²) in [5.74, 6) is -1.58. The number of carboxylic acid groups (broad SMARTS) is 1. The van der Waals surface area contributed by atoms with Crippen LogP contribution < -0.4 is 0 Å². The third-order valence-electron chi connectivity index (χ3n) is 2.33. The summed E-state index contributed by atoms with van der Waals surface area (Å²) >= 11 is 6.65. The summed E-state index contributed by atoms with van der Waals surface area (Å²) in [6.07, 6.45) is 0. The quantitative estimate of drug-likeness (QED) is 0.816. The number of aromatic nitrogens is 3. The van der Waals surface area contributed by atoms with Crippen molar-refractivity contribution in [1.82, 2.24) is 14.8 Å². The summed E-state index contributed by atoms with van der Waals surface area (Å²) in [5, 5.41) is 25.7. The molecule has 0 aliphatic carbocycles. The first-order valence-electron chi connectivity index (χ1n) is 5.38. The molecule has 2 N–H and O–H groups in total. The highest BCUT2D eigenvalue weighted by atomic mass is 35.5. The fraction of sp³-hybridized carbons (Fsp3) is 0.182. The molecule has 0 amide bonds. The van der Waals surface area contributed by atoms with Gasteiger partial charge in [-0.1, -0.05) is 23.4 Å². The number of halogens is 2. The average Bonchev–Trinajstić information content (AvgIpc) is 2.82. The zero-order valence-electron chi connectivity index (χ0n) is 9.95. The van der Waals surface area contributed by atoms with Gasteiger partial charge in [-0.15, -0.1) is 10.2 Å².